The number of carbonyl (C=O) groups is 2. The molecule has 5 nitrogen and oxygen atoms in total. The lowest BCUT2D eigenvalue weighted by atomic mass is 9.86. The smallest absolute Gasteiger partial charge is 0.328 e. The van der Waals surface area contributed by atoms with Crippen molar-refractivity contribution < 1.29 is 14.3 Å². The zero-order valence-electron chi connectivity index (χ0n) is 16.9. The summed E-state index contributed by atoms with van der Waals surface area (Å²) in [5.74, 6) is -0.556. The Labute approximate surface area is 174 Å². The van der Waals surface area contributed by atoms with Crippen molar-refractivity contribution in [3.8, 4) is 0 Å². The molecule has 2 atom stereocenters. The van der Waals surface area contributed by atoms with Crippen molar-refractivity contribution in [3.05, 3.63) is 83.6 Å². The Hall–Kier alpha value is -3.60. The van der Waals surface area contributed by atoms with Crippen LogP contribution in [0.2, 0.25) is 0 Å². The van der Waals surface area contributed by atoms with E-state index in [1.165, 1.54) is 14.0 Å². The molecule has 0 saturated heterocycles. The van der Waals surface area contributed by atoms with Crippen LogP contribution in [0.3, 0.4) is 0 Å². The number of hydrogen-bond donors (Lipinski definition) is 1. The molecule has 1 amide bonds. The number of carbonyl (C=O) groups excluding carboxylic acids is 2. The number of para-hydroxylation sites is 1. The lowest BCUT2D eigenvalue weighted by molar-refractivity contribution is -0.154. The molecule has 3 aromatic carbocycles. The van der Waals surface area contributed by atoms with Crippen molar-refractivity contribution in [3.63, 3.8) is 0 Å². The molecule has 0 aliphatic carbocycles. The number of methoxy groups -OCH3 is 1. The van der Waals surface area contributed by atoms with Gasteiger partial charge >= 0.3 is 5.97 Å². The van der Waals surface area contributed by atoms with E-state index in [4.69, 9.17) is 4.74 Å². The van der Waals surface area contributed by atoms with Gasteiger partial charge in [0, 0.05) is 29.9 Å². The Bertz CT molecular complexity index is 1280. The Morgan fingerprint density at radius 3 is 2.43 bits per heavy atom. The van der Waals surface area contributed by atoms with E-state index in [0.717, 1.165) is 38.5 Å². The summed E-state index contributed by atoms with van der Waals surface area (Å²) < 4.78 is 5.10. The quantitative estimate of drug-likeness (QED) is 0.511. The molecule has 1 aromatic heterocycles. The number of rotatable bonds is 2. The Kier molecular flexibility index (Phi) is 4.31. The fourth-order valence-electron chi connectivity index (χ4n) is 4.81. The second-order valence-corrected chi connectivity index (χ2v) is 7.70. The molecule has 4 aromatic rings. The number of amides is 1. The van der Waals surface area contributed by atoms with Crippen LogP contribution in [0.4, 0.5) is 0 Å². The predicted octanol–water partition coefficient (Wildman–Crippen LogP) is 4.36. The van der Waals surface area contributed by atoms with Gasteiger partial charge in [-0.2, -0.15) is 0 Å². The van der Waals surface area contributed by atoms with Gasteiger partial charge in [-0.3, -0.25) is 4.79 Å². The van der Waals surface area contributed by atoms with E-state index in [0.29, 0.717) is 6.42 Å². The molecule has 1 aliphatic rings. The van der Waals surface area contributed by atoms with Crippen LogP contribution in [0.5, 0.6) is 0 Å². The number of nitrogens with zero attached hydrogens (tertiary/aromatic N) is 1. The SMILES string of the molecule is COC(=O)[C@@H]1Cc2c([nH]c3ccccc23)[C@H](c2cccc3ccccc23)N1C(C)=O. The van der Waals surface area contributed by atoms with E-state index in [1.807, 2.05) is 42.5 Å². The second-order valence-electron chi connectivity index (χ2n) is 7.70. The average Bonchev–Trinajstić information content (AvgIpc) is 3.15. The largest absolute Gasteiger partial charge is 0.467 e. The molecule has 5 rings (SSSR count). The molecule has 0 fully saturated rings. The summed E-state index contributed by atoms with van der Waals surface area (Å²) in [4.78, 5) is 30.9. The highest BCUT2D eigenvalue weighted by molar-refractivity contribution is 5.92. The highest BCUT2D eigenvalue weighted by atomic mass is 16.5. The summed E-state index contributed by atoms with van der Waals surface area (Å²) in [6.45, 7) is 1.52. The molecule has 1 aliphatic heterocycles. The Morgan fingerprint density at radius 2 is 1.67 bits per heavy atom. The number of fused-ring (bicyclic) bond motifs is 4. The van der Waals surface area contributed by atoms with Crippen LogP contribution in [0.1, 0.15) is 29.8 Å². The molecule has 30 heavy (non-hydrogen) atoms. The molecular weight excluding hydrogens is 376 g/mol. The van der Waals surface area contributed by atoms with Gasteiger partial charge in [-0.05, 0) is 28.0 Å². The number of hydrogen-bond acceptors (Lipinski definition) is 3. The number of aromatic amines is 1. The maximum Gasteiger partial charge on any atom is 0.328 e. The first-order valence-electron chi connectivity index (χ1n) is 10.0. The highest BCUT2D eigenvalue weighted by Crippen LogP contribution is 2.43. The molecule has 0 spiro atoms. The van der Waals surface area contributed by atoms with Gasteiger partial charge in [0.05, 0.1) is 13.2 Å². The van der Waals surface area contributed by atoms with Gasteiger partial charge in [0.15, 0.2) is 0 Å². The standard InChI is InChI=1S/C25H22N2O3/c1-15(28)27-22(25(29)30-2)14-20-18-11-5-6-13-21(18)26-23(20)24(27)19-12-7-9-16-8-3-4-10-17(16)19/h3-13,22,24,26H,14H2,1-2H3/t22-,24-/m0/s1. The molecule has 0 bridgehead atoms. The van der Waals surface area contributed by atoms with Crippen molar-refractivity contribution >= 4 is 33.6 Å². The molecule has 2 heterocycles. The van der Waals surface area contributed by atoms with Crippen molar-refractivity contribution in [1.29, 1.82) is 0 Å². The highest BCUT2D eigenvalue weighted by Gasteiger charge is 2.43. The van der Waals surface area contributed by atoms with Crippen LogP contribution in [0.15, 0.2) is 66.7 Å². The predicted molar refractivity (Wildman–Crippen MR) is 116 cm³/mol. The van der Waals surface area contributed by atoms with Crippen molar-refractivity contribution in [2.24, 2.45) is 0 Å². The zero-order valence-corrected chi connectivity index (χ0v) is 16.9. The average molecular weight is 398 g/mol. The molecule has 0 unspecified atom stereocenters. The maximum absolute atomic E-state index is 12.9. The summed E-state index contributed by atoms with van der Waals surface area (Å²) in [7, 11) is 1.37. The molecule has 150 valence electrons. The first-order chi connectivity index (χ1) is 14.6. The lowest BCUT2D eigenvalue weighted by Crippen LogP contribution is -2.51. The summed E-state index contributed by atoms with van der Waals surface area (Å²) in [5, 5.41) is 3.23. The topological polar surface area (TPSA) is 62.4 Å². The Morgan fingerprint density at radius 1 is 0.967 bits per heavy atom. The number of aromatic nitrogens is 1. The van der Waals surface area contributed by atoms with Gasteiger partial charge in [-0.1, -0.05) is 60.7 Å². The van der Waals surface area contributed by atoms with Crippen molar-refractivity contribution in [1.82, 2.24) is 9.88 Å². The Balaban J connectivity index is 1.84. The van der Waals surface area contributed by atoms with E-state index in [2.05, 4.69) is 29.2 Å². The minimum atomic E-state index is -0.678. The fraction of sp³-hybridized carbons (Fsp3) is 0.200. The summed E-state index contributed by atoms with van der Waals surface area (Å²) in [6.07, 6.45) is 0.423. The van der Waals surface area contributed by atoms with Crippen LogP contribution in [0.25, 0.3) is 21.7 Å². The van der Waals surface area contributed by atoms with Crippen LogP contribution in [-0.2, 0) is 20.7 Å². The maximum atomic E-state index is 12.9. The molecule has 0 radical (unpaired) electrons. The minimum absolute atomic E-state index is 0.160. The van der Waals surface area contributed by atoms with Gasteiger partial charge in [0.2, 0.25) is 5.91 Å². The van der Waals surface area contributed by atoms with Crippen molar-refractivity contribution in [2.45, 2.75) is 25.4 Å². The van der Waals surface area contributed by atoms with Crippen LogP contribution < -0.4 is 0 Å². The third-order valence-electron chi connectivity index (χ3n) is 6.09. The van der Waals surface area contributed by atoms with E-state index in [-0.39, 0.29) is 5.91 Å². The zero-order chi connectivity index (χ0) is 20.8. The monoisotopic (exact) mass is 398 g/mol. The molecular formula is C25H22N2O3. The fourth-order valence-corrected chi connectivity index (χ4v) is 4.81. The van der Waals surface area contributed by atoms with Crippen molar-refractivity contribution in [2.75, 3.05) is 7.11 Å². The van der Waals surface area contributed by atoms with E-state index < -0.39 is 18.1 Å². The third kappa shape index (κ3) is 2.70. The minimum Gasteiger partial charge on any atom is -0.467 e. The van der Waals surface area contributed by atoms with E-state index in [9.17, 15) is 9.59 Å². The number of esters is 1. The summed E-state index contributed by atoms with van der Waals surface area (Å²) in [5.41, 5.74) is 4.02. The summed E-state index contributed by atoms with van der Waals surface area (Å²) >= 11 is 0. The third-order valence-corrected chi connectivity index (χ3v) is 6.09. The lowest BCUT2D eigenvalue weighted by Gasteiger charge is -2.40. The van der Waals surface area contributed by atoms with E-state index >= 15 is 0 Å². The normalized spacial score (nSPS) is 18.4. The first-order valence-corrected chi connectivity index (χ1v) is 10.0. The first kappa shape index (κ1) is 18.4. The van der Waals surface area contributed by atoms with Gasteiger partial charge in [-0.25, -0.2) is 4.79 Å². The van der Waals surface area contributed by atoms with Gasteiger partial charge in [-0.15, -0.1) is 0 Å². The molecule has 1 N–H and O–H groups in total. The second kappa shape index (κ2) is 7.02. The van der Waals surface area contributed by atoms with Crippen LogP contribution >= 0.6 is 0 Å². The van der Waals surface area contributed by atoms with Crippen LogP contribution in [0, 0.1) is 0 Å². The number of benzene rings is 3. The number of nitrogens with one attached hydrogen (secondary N) is 1. The number of ether oxygens (including phenoxy) is 1. The number of H-pyrrole nitrogens is 1. The van der Waals surface area contributed by atoms with Gasteiger partial charge < -0.3 is 14.6 Å². The van der Waals surface area contributed by atoms with Gasteiger partial charge in [0.1, 0.15) is 6.04 Å². The van der Waals surface area contributed by atoms with Crippen LogP contribution in [-0.4, -0.2) is 34.9 Å². The molecule has 0 saturated carbocycles. The van der Waals surface area contributed by atoms with Gasteiger partial charge in [0.25, 0.3) is 0 Å². The van der Waals surface area contributed by atoms with E-state index in [1.54, 1.807) is 4.90 Å². The molecule has 5 heteroatoms. The summed E-state index contributed by atoms with van der Waals surface area (Å²) in [6, 6.07) is 21.2.